The molecule has 1 amide bonds. The molecule has 0 N–H and O–H groups in total. The van der Waals surface area contributed by atoms with Crippen molar-refractivity contribution in [2.75, 3.05) is 39.8 Å². The summed E-state index contributed by atoms with van der Waals surface area (Å²) in [5.41, 5.74) is 1.51. The van der Waals surface area contributed by atoms with Gasteiger partial charge in [0, 0.05) is 45.8 Å². The third-order valence-electron chi connectivity index (χ3n) is 7.73. The zero-order valence-corrected chi connectivity index (χ0v) is 21.4. The van der Waals surface area contributed by atoms with Gasteiger partial charge in [-0.05, 0) is 49.4 Å². The molecule has 1 aliphatic heterocycles. The van der Waals surface area contributed by atoms with E-state index in [0.29, 0.717) is 30.1 Å². The lowest BCUT2D eigenvalue weighted by atomic mass is 9.93. The van der Waals surface area contributed by atoms with Gasteiger partial charge >= 0.3 is 6.18 Å². The molecule has 4 nitrogen and oxygen atoms in total. The van der Waals surface area contributed by atoms with E-state index in [1.165, 1.54) is 38.2 Å². The Morgan fingerprint density at radius 1 is 1.00 bits per heavy atom. The van der Waals surface area contributed by atoms with Crippen LogP contribution in [0.3, 0.4) is 0 Å². The van der Waals surface area contributed by atoms with Crippen molar-refractivity contribution in [3.63, 3.8) is 0 Å². The molecule has 1 saturated heterocycles. The SMILES string of the molecule is Cc1cc(CCN(C)C(=O)C(c2ccccc2)N2CCN(C3CCCCC3)CC2)cc(C(F)(F)F)c1. The quantitative estimate of drug-likeness (QED) is 0.487. The summed E-state index contributed by atoms with van der Waals surface area (Å²) in [6.45, 7) is 5.64. The number of aryl methyl sites for hydroxylation is 1. The van der Waals surface area contributed by atoms with Crippen LogP contribution in [0.2, 0.25) is 0 Å². The van der Waals surface area contributed by atoms with Crippen LogP contribution in [0.25, 0.3) is 0 Å². The zero-order chi connectivity index (χ0) is 25.7. The molecule has 1 heterocycles. The van der Waals surface area contributed by atoms with Crippen molar-refractivity contribution < 1.29 is 18.0 Å². The van der Waals surface area contributed by atoms with Crippen LogP contribution in [0.4, 0.5) is 13.2 Å². The lowest BCUT2D eigenvalue weighted by molar-refractivity contribution is -0.138. The number of amides is 1. The average Bonchev–Trinajstić information content (AvgIpc) is 2.88. The number of hydrogen-bond donors (Lipinski definition) is 0. The molecule has 2 aromatic rings. The number of likely N-dealkylation sites (N-methyl/N-ethyl adjacent to an activating group) is 1. The minimum atomic E-state index is -4.37. The maximum Gasteiger partial charge on any atom is 0.416 e. The molecule has 0 spiro atoms. The Balaban J connectivity index is 1.43. The number of halogens is 3. The van der Waals surface area contributed by atoms with E-state index in [-0.39, 0.29) is 11.9 Å². The number of rotatable bonds is 7. The van der Waals surface area contributed by atoms with Gasteiger partial charge in [-0.3, -0.25) is 14.6 Å². The van der Waals surface area contributed by atoms with Gasteiger partial charge in [0.15, 0.2) is 0 Å². The number of hydrogen-bond acceptors (Lipinski definition) is 3. The Morgan fingerprint density at radius 3 is 2.31 bits per heavy atom. The molecule has 0 radical (unpaired) electrons. The molecule has 4 rings (SSSR count). The molecule has 196 valence electrons. The molecule has 1 aliphatic carbocycles. The fraction of sp³-hybridized carbons (Fsp3) is 0.552. The number of piperazine rings is 1. The van der Waals surface area contributed by atoms with E-state index in [4.69, 9.17) is 0 Å². The standard InChI is InChI=1S/C29H38F3N3O/c1-22-19-23(21-25(20-22)29(30,31)32)13-14-33(2)28(36)27(24-9-5-3-6-10-24)35-17-15-34(16-18-35)26-11-7-4-8-12-26/h3,5-6,9-10,19-21,26-27H,4,7-8,11-18H2,1-2H3. The predicted octanol–water partition coefficient (Wildman–Crippen LogP) is 5.71. The summed E-state index contributed by atoms with van der Waals surface area (Å²) < 4.78 is 39.7. The maximum absolute atomic E-state index is 13.7. The fourth-order valence-electron chi connectivity index (χ4n) is 5.74. The molecule has 36 heavy (non-hydrogen) atoms. The average molecular weight is 502 g/mol. The monoisotopic (exact) mass is 501 g/mol. The molecule has 1 saturated carbocycles. The lowest BCUT2D eigenvalue weighted by Gasteiger charge is -2.43. The van der Waals surface area contributed by atoms with Gasteiger partial charge < -0.3 is 4.90 Å². The van der Waals surface area contributed by atoms with Crippen LogP contribution >= 0.6 is 0 Å². The molecule has 2 fully saturated rings. The van der Waals surface area contributed by atoms with Gasteiger partial charge in [-0.15, -0.1) is 0 Å². The Morgan fingerprint density at radius 2 is 1.67 bits per heavy atom. The van der Waals surface area contributed by atoms with Crippen LogP contribution in [-0.4, -0.2) is 66.4 Å². The van der Waals surface area contributed by atoms with Crippen molar-refractivity contribution in [1.82, 2.24) is 14.7 Å². The summed E-state index contributed by atoms with van der Waals surface area (Å²) in [6, 6.07) is 14.3. The Labute approximate surface area is 213 Å². The van der Waals surface area contributed by atoms with Crippen LogP contribution < -0.4 is 0 Å². The van der Waals surface area contributed by atoms with Crippen LogP contribution in [0.15, 0.2) is 48.5 Å². The van der Waals surface area contributed by atoms with Crippen molar-refractivity contribution in [2.24, 2.45) is 0 Å². The molecule has 0 aromatic heterocycles. The molecule has 1 atom stereocenters. The van der Waals surface area contributed by atoms with Crippen LogP contribution in [-0.2, 0) is 17.4 Å². The summed E-state index contributed by atoms with van der Waals surface area (Å²) in [5, 5.41) is 0. The van der Waals surface area contributed by atoms with Gasteiger partial charge in [-0.25, -0.2) is 0 Å². The van der Waals surface area contributed by atoms with Crippen LogP contribution in [0.1, 0.15) is 60.4 Å². The van der Waals surface area contributed by atoms with E-state index in [2.05, 4.69) is 9.80 Å². The minimum Gasteiger partial charge on any atom is -0.344 e. The summed E-state index contributed by atoms with van der Waals surface area (Å²) in [6.07, 6.45) is 2.52. The van der Waals surface area contributed by atoms with Crippen molar-refractivity contribution in [1.29, 1.82) is 0 Å². The van der Waals surface area contributed by atoms with E-state index < -0.39 is 11.7 Å². The number of benzene rings is 2. The number of alkyl halides is 3. The van der Waals surface area contributed by atoms with E-state index in [9.17, 15) is 18.0 Å². The Bertz CT molecular complexity index is 997. The first-order valence-corrected chi connectivity index (χ1v) is 13.2. The first kappa shape index (κ1) is 26.7. The third-order valence-corrected chi connectivity index (χ3v) is 7.73. The number of carbonyl (C=O) groups excluding carboxylic acids is 1. The maximum atomic E-state index is 13.7. The largest absolute Gasteiger partial charge is 0.416 e. The first-order chi connectivity index (χ1) is 17.2. The molecule has 2 aromatic carbocycles. The van der Waals surface area contributed by atoms with E-state index in [1.807, 2.05) is 30.3 Å². The van der Waals surface area contributed by atoms with E-state index in [0.717, 1.165) is 37.8 Å². The van der Waals surface area contributed by atoms with Crippen molar-refractivity contribution in [3.05, 3.63) is 70.8 Å². The van der Waals surface area contributed by atoms with Crippen LogP contribution in [0, 0.1) is 6.92 Å². The van der Waals surface area contributed by atoms with Gasteiger partial charge in [-0.1, -0.05) is 61.2 Å². The number of nitrogens with zero attached hydrogens (tertiary/aromatic N) is 3. The fourth-order valence-corrected chi connectivity index (χ4v) is 5.74. The smallest absolute Gasteiger partial charge is 0.344 e. The minimum absolute atomic E-state index is 0.00369. The summed E-state index contributed by atoms with van der Waals surface area (Å²) in [5.74, 6) is -0.00369. The second-order valence-electron chi connectivity index (χ2n) is 10.4. The van der Waals surface area contributed by atoms with Gasteiger partial charge in [-0.2, -0.15) is 13.2 Å². The van der Waals surface area contributed by atoms with E-state index in [1.54, 1.807) is 24.9 Å². The molecule has 0 bridgehead atoms. The van der Waals surface area contributed by atoms with Gasteiger partial charge in [0.25, 0.3) is 0 Å². The molecule has 2 aliphatic rings. The summed E-state index contributed by atoms with van der Waals surface area (Å²) in [4.78, 5) is 20.3. The molecular weight excluding hydrogens is 463 g/mol. The van der Waals surface area contributed by atoms with Crippen molar-refractivity contribution in [3.8, 4) is 0 Å². The first-order valence-electron chi connectivity index (χ1n) is 13.2. The van der Waals surface area contributed by atoms with Crippen molar-refractivity contribution >= 4 is 5.91 Å². The van der Waals surface area contributed by atoms with Crippen molar-refractivity contribution in [2.45, 2.75) is 63.7 Å². The van der Waals surface area contributed by atoms with Gasteiger partial charge in [0.1, 0.15) is 6.04 Å². The highest BCUT2D eigenvalue weighted by Crippen LogP contribution is 2.31. The second kappa shape index (κ2) is 11.8. The van der Waals surface area contributed by atoms with Crippen LogP contribution in [0.5, 0.6) is 0 Å². The van der Waals surface area contributed by atoms with E-state index >= 15 is 0 Å². The summed E-state index contributed by atoms with van der Waals surface area (Å²) in [7, 11) is 1.76. The highest BCUT2D eigenvalue weighted by molar-refractivity contribution is 5.83. The molecular formula is C29H38F3N3O. The lowest BCUT2D eigenvalue weighted by Crippen LogP contribution is -2.54. The number of carbonyl (C=O) groups is 1. The third kappa shape index (κ3) is 6.68. The summed E-state index contributed by atoms with van der Waals surface area (Å²) >= 11 is 0. The zero-order valence-electron chi connectivity index (χ0n) is 21.4. The van der Waals surface area contributed by atoms with Gasteiger partial charge in [0.2, 0.25) is 5.91 Å². The molecule has 1 unspecified atom stereocenters. The Hall–Kier alpha value is -2.38. The topological polar surface area (TPSA) is 26.8 Å². The highest BCUT2D eigenvalue weighted by Gasteiger charge is 2.34. The normalized spacial score (nSPS) is 19.2. The Kier molecular flexibility index (Phi) is 8.73. The molecule has 7 heteroatoms. The second-order valence-corrected chi connectivity index (χ2v) is 10.4. The highest BCUT2D eigenvalue weighted by atomic mass is 19.4. The van der Waals surface area contributed by atoms with Gasteiger partial charge in [0.05, 0.1) is 5.56 Å². The predicted molar refractivity (Wildman–Crippen MR) is 137 cm³/mol.